The summed E-state index contributed by atoms with van der Waals surface area (Å²) in [7, 11) is 0. The molecule has 2 unspecified atom stereocenters. The third-order valence-electron chi connectivity index (χ3n) is 4.77. The van der Waals surface area contributed by atoms with Gasteiger partial charge in [-0.1, -0.05) is 53.5 Å². The molecule has 8 heteroatoms. The van der Waals surface area contributed by atoms with Crippen LogP contribution in [-0.2, 0) is 11.8 Å². The summed E-state index contributed by atoms with van der Waals surface area (Å²) in [4.78, 5) is 0. The summed E-state index contributed by atoms with van der Waals surface area (Å²) in [5.41, 5.74) is -2.40. The molecule has 26 heavy (non-hydrogen) atoms. The summed E-state index contributed by atoms with van der Waals surface area (Å²) in [6.07, 6.45) is -4.82. The molecule has 2 aromatic carbocycles. The second-order valence-corrected chi connectivity index (χ2v) is 7.18. The van der Waals surface area contributed by atoms with E-state index in [2.05, 4.69) is 5.32 Å². The first-order chi connectivity index (χ1) is 12.2. The Morgan fingerprint density at radius 3 is 2.35 bits per heavy atom. The van der Waals surface area contributed by atoms with Crippen molar-refractivity contribution in [2.45, 2.75) is 30.5 Å². The Bertz CT molecular complexity index is 809. The van der Waals surface area contributed by atoms with Crippen LogP contribution in [0.1, 0.15) is 17.5 Å². The fourth-order valence-electron chi connectivity index (χ4n) is 3.42. The van der Waals surface area contributed by atoms with Crippen LogP contribution in [0.4, 0.5) is 22.0 Å². The zero-order chi connectivity index (χ0) is 19.1. The number of rotatable bonds is 3. The number of nitrogens with one attached hydrogen (secondary N) is 1. The van der Waals surface area contributed by atoms with E-state index < -0.39 is 57.8 Å². The molecular weight excluding hydrogens is 396 g/mol. The minimum atomic E-state index is -4.77. The molecule has 1 heterocycles. The van der Waals surface area contributed by atoms with E-state index >= 15 is 0 Å². The lowest BCUT2D eigenvalue weighted by molar-refractivity contribution is -0.186. The first-order valence-electron chi connectivity index (χ1n) is 7.83. The summed E-state index contributed by atoms with van der Waals surface area (Å²) >= 11 is 11.2. The molecule has 0 amide bonds. The summed E-state index contributed by atoms with van der Waals surface area (Å²) in [6.45, 7) is -0.538. The molecule has 0 bridgehead atoms. The standard InChI is InChI=1S/C18H14Cl2F5N/c19-13-7-12(15(21)14(20)16(13)22)17(18(23,24)25)8-11(26-9-17)6-10-4-2-1-3-5-10/h1-5,7,11,26H,6,8-9H2. The lowest BCUT2D eigenvalue weighted by Crippen LogP contribution is -2.45. The van der Waals surface area contributed by atoms with Crippen molar-refractivity contribution in [1.29, 1.82) is 0 Å². The highest BCUT2D eigenvalue weighted by Gasteiger charge is 2.60. The molecule has 140 valence electrons. The molecule has 0 spiro atoms. The normalized spacial score (nSPS) is 23.4. The summed E-state index contributed by atoms with van der Waals surface area (Å²) < 4.78 is 70.0. The van der Waals surface area contributed by atoms with E-state index in [4.69, 9.17) is 23.2 Å². The summed E-state index contributed by atoms with van der Waals surface area (Å²) in [6, 6.07) is 9.17. The smallest absolute Gasteiger partial charge is 0.312 e. The first-order valence-corrected chi connectivity index (χ1v) is 8.59. The minimum absolute atomic E-state index is 0.350. The van der Waals surface area contributed by atoms with Crippen molar-refractivity contribution in [3.63, 3.8) is 0 Å². The van der Waals surface area contributed by atoms with Crippen LogP contribution in [-0.4, -0.2) is 18.8 Å². The molecule has 0 aliphatic carbocycles. The van der Waals surface area contributed by atoms with Gasteiger partial charge in [0.1, 0.15) is 16.3 Å². The molecule has 1 fully saturated rings. The van der Waals surface area contributed by atoms with Crippen molar-refractivity contribution < 1.29 is 22.0 Å². The second-order valence-electron chi connectivity index (χ2n) is 6.40. The molecule has 0 saturated carbocycles. The van der Waals surface area contributed by atoms with E-state index in [1.165, 1.54) is 0 Å². The highest BCUT2D eigenvalue weighted by atomic mass is 35.5. The van der Waals surface area contributed by atoms with Gasteiger partial charge >= 0.3 is 6.18 Å². The number of benzene rings is 2. The fraction of sp³-hybridized carbons (Fsp3) is 0.333. The predicted molar refractivity (Wildman–Crippen MR) is 90.7 cm³/mol. The van der Waals surface area contributed by atoms with Crippen LogP contribution < -0.4 is 5.32 Å². The summed E-state index contributed by atoms with van der Waals surface area (Å²) in [5, 5.41) is 1.15. The van der Waals surface area contributed by atoms with Crippen molar-refractivity contribution in [2.75, 3.05) is 6.54 Å². The maximum atomic E-state index is 14.5. The van der Waals surface area contributed by atoms with E-state index in [-0.39, 0.29) is 0 Å². The van der Waals surface area contributed by atoms with Gasteiger partial charge in [-0.25, -0.2) is 8.78 Å². The van der Waals surface area contributed by atoms with Gasteiger partial charge in [0, 0.05) is 18.2 Å². The molecule has 0 radical (unpaired) electrons. The molecule has 2 aromatic rings. The van der Waals surface area contributed by atoms with Crippen molar-refractivity contribution in [2.24, 2.45) is 0 Å². The van der Waals surface area contributed by atoms with Crippen LogP contribution in [0.15, 0.2) is 36.4 Å². The van der Waals surface area contributed by atoms with Crippen molar-refractivity contribution in [3.05, 3.63) is 69.2 Å². The molecule has 1 saturated heterocycles. The van der Waals surface area contributed by atoms with E-state index in [1.54, 1.807) is 12.1 Å². The Labute approximate surface area is 157 Å². The van der Waals surface area contributed by atoms with Crippen LogP contribution in [0.5, 0.6) is 0 Å². The quantitative estimate of drug-likeness (QED) is 0.390. The maximum absolute atomic E-state index is 14.5. The number of hydrogen-bond acceptors (Lipinski definition) is 1. The molecular formula is C18H14Cl2F5N. The Morgan fingerprint density at radius 1 is 1.08 bits per heavy atom. The lowest BCUT2D eigenvalue weighted by Gasteiger charge is -2.32. The van der Waals surface area contributed by atoms with Gasteiger partial charge in [-0.2, -0.15) is 13.2 Å². The van der Waals surface area contributed by atoms with Gasteiger partial charge in [0.2, 0.25) is 0 Å². The number of hydrogen-bond donors (Lipinski definition) is 1. The average Bonchev–Trinajstić information content (AvgIpc) is 3.02. The molecule has 1 nitrogen and oxygen atoms in total. The Morgan fingerprint density at radius 2 is 1.73 bits per heavy atom. The van der Waals surface area contributed by atoms with Gasteiger partial charge in [0.25, 0.3) is 0 Å². The van der Waals surface area contributed by atoms with Crippen LogP contribution in [0.2, 0.25) is 10.0 Å². The monoisotopic (exact) mass is 409 g/mol. The minimum Gasteiger partial charge on any atom is -0.312 e. The van der Waals surface area contributed by atoms with E-state index in [0.29, 0.717) is 12.5 Å². The van der Waals surface area contributed by atoms with Crippen molar-refractivity contribution in [1.82, 2.24) is 5.32 Å². The highest BCUT2D eigenvalue weighted by Crippen LogP contribution is 2.49. The van der Waals surface area contributed by atoms with Crippen molar-refractivity contribution >= 4 is 23.2 Å². The Balaban J connectivity index is 2.00. The number of alkyl halides is 3. The van der Waals surface area contributed by atoms with Crippen LogP contribution in [0.3, 0.4) is 0 Å². The fourth-order valence-corrected chi connectivity index (χ4v) is 3.88. The van der Waals surface area contributed by atoms with Crippen molar-refractivity contribution in [3.8, 4) is 0 Å². The molecule has 3 rings (SSSR count). The van der Waals surface area contributed by atoms with Gasteiger partial charge < -0.3 is 5.32 Å². The Hall–Kier alpha value is -1.37. The Kier molecular flexibility index (Phi) is 5.21. The average molecular weight is 410 g/mol. The summed E-state index contributed by atoms with van der Waals surface area (Å²) in [5.74, 6) is -2.69. The molecule has 1 aliphatic rings. The van der Waals surface area contributed by atoms with E-state index in [9.17, 15) is 22.0 Å². The van der Waals surface area contributed by atoms with Crippen LogP contribution >= 0.6 is 23.2 Å². The highest BCUT2D eigenvalue weighted by molar-refractivity contribution is 6.35. The largest absolute Gasteiger partial charge is 0.399 e. The molecule has 0 aromatic heterocycles. The third-order valence-corrected chi connectivity index (χ3v) is 5.38. The first kappa shape index (κ1) is 19.4. The van der Waals surface area contributed by atoms with E-state index in [0.717, 1.165) is 5.56 Å². The number of halogens is 7. The SMILES string of the molecule is Fc1c(Cl)cc(C2(C(F)(F)F)CNC(Cc3ccccc3)C2)c(F)c1Cl. The zero-order valence-electron chi connectivity index (χ0n) is 13.3. The van der Waals surface area contributed by atoms with Crippen LogP contribution in [0, 0.1) is 11.6 Å². The van der Waals surface area contributed by atoms with Gasteiger partial charge in [-0.05, 0) is 24.5 Å². The third kappa shape index (κ3) is 3.30. The van der Waals surface area contributed by atoms with Gasteiger partial charge in [0.15, 0.2) is 5.82 Å². The molecule has 1 aliphatic heterocycles. The van der Waals surface area contributed by atoms with Gasteiger partial charge in [-0.3, -0.25) is 0 Å². The van der Waals surface area contributed by atoms with E-state index in [1.807, 2.05) is 18.2 Å². The van der Waals surface area contributed by atoms with Gasteiger partial charge in [-0.15, -0.1) is 0 Å². The molecule has 2 atom stereocenters. The maximum Gasteiger partial charge on any atom is 0.399 e. The molecule has 1 N–H and O–H groups in total. The lowest BCUT2D eigenvalue weighted by atomic mass is 9.76. The predicted octanol–water partition coefficient (Wildman–Crippen LogP) is 5.68. The zero-order valence-corrected chi connectivity index (χ0v) is 14.8. The topological polar surface area (TPSA) is 12.0 Å². The van der Waals surface area contributed by atoms with Crippen LogP contribution in [0.25, 0.3) is 0 Å². The van der Waals surface area contributed by atoms with Gasteiger partial charge in [0.05, 0.1) is 5.02 Å². The second kappa shape index (κ2) is 6.98.